The summed E-state index contributed by atoms with van der Waals surface area (Å²) in [6.45, 7) is 2.43. The number of rotatable bonds is 2. The lowest BCUT2D eigenvalue weighted by atomic mass is 9.93. The Kier molecular flexibility index (Phi) is 3.63. The van der Waals surface area contributed by atoms with Crippen molar-refractivity contribution < 1.29 is 14.8 Å². The molecule has 3 N–H and O–H groups in total. The van der Waals surface area contributed by atoms with Gasteiger partial charge in [0, 0.05) is 19.2 Å². The Bertz CT molecular complexity index is 547. The molecule has 0 aliphatic carbocycles. The van der Waals surface area contributed by atoms with E-state index < -0.39 is 16.4 Å². The summed E-state index contributed by atoms with van der Waals surface area (Å²) in [6.07, 6.45) is 0.887. The number of piperidine rings is 1. The predicted molar refractivity (Wildman–Crippen MR) is 73.3 cm³/mol. The molecule has 0 unspecified atom stereocenters. The molecule has 1 aliphatic heterocycles. The monoisotopic (exact) mass is 279 g/mol. The minimum absolute atomic E-state index is 0.0703. The SMILES string of the molecule is CC1(O)CCN(C(=O)c2c(N)cccc2[N+](=O)[O-])CC1. The lowest BCUT2D eigenvalue weighted by molar-refractivity contribution is -0.385. The molecule has 0 saturated carbocycles. The van der Waals surface area contributed by atoms with Crippen molar-refractivity contribution in [3.8, 4) is 0 Å². The van der Waals surface area contributed by atoms with Crippen LogP contribution in [0, 0.1) is 10.1 Å². The number of nitro groups is 1. The van der Waals surface area contributed by atoms with Crippen molar-refractivity contribution in [2.24, 2.45) is 0 Å². The largest absolute Gasteiger partial charge is 0.398 e. The third-order valence-electron chi connectivity index (χ3n) is 3.61. The van der Waals surface area contributed by atoms with Crippen molar-refractivity contribution in [1.29, 1.82) is 0 Å². The van der Waals surface area contributed by atoms with Crippen molar-refractivity contribution in [2.75, 3.05) is 18.8 Å². The smallest absolute Gasteiger partial charge is 0.284 e. The molecule has 1 fully saturated rings. The van der Waals surface area contributed by atoms with Gasteiger partial charge in [0.2, 0.25) is 0 Å². The number of nitrogen functional groups attached to an aromatic ring is 1. The molecule has 0 radical (unpaired) electrons. The van der Waals surface area contributed by atoms with Gasteiger partial charge < -0.3 is 15.7 Å². The summed E-state index contributed by atoms with van der Waals surface area (Å²) in [5.74, 6) is -0.453. The van der Waals surface area contributed by atoms with Crippen molar-refractivity contribution >= 4 is 17.3 Å². The summed E-state index contributed by atoms with van der Waals surface area (Å²) in [7, 11) is 0. The number of hydrogen-bond acceptors (Lipinski definition) is 5. The van der Waals surface area contributed by atoms with Crippen LogP contribution in [0.3, 0.4) is 0 Å². The molecule has 1 aromatic rings. The zero-order chi connectivity index (χ0) is 14.9. The molecule has 1 aliphatic rings. The van der Waals surface area contributed by atoms with Gasteiger partial charge in [-0.25, -0.2) is 0 Å². The van der Waals surface area contributed by atoms with Crippen molar-refractivity contribution in [2.45, 2.75) is 25.4 Å². The normalized spacial score (nSPS) is 17.8. The first-order chi connectivity index (χ1) is 9.32. The van der Waals surface area contributed by atoms with Gasteiger partial charge in [-0.3, -0.25) is 14.9 Å². The first-order valence-corrected chi connectivity index (χ1v) is 6.36. The average Bonchev–Trinajstić information content (AvgIpc) is 2.37. The third-order valence-corrected chi connectivity index (χ3v) is 3.61. The van der Waals surface area contributed by atoms with Gasteiger partial charge in [0.25, 0.3) is 11.6 Å². The highest BCUT2D eigenvalue weighted by atomic mass is 16.6. The maximum absolute atomic E-state index is 12.4. The second kappa shape index (κ2) is 5.09. The van der Waals surface area contributed by atoms with Crippen LogP contribution in [-0.2, 0) is 0 Å². The van der Waals surface area contributed by atoms with E-state index in [-0.39, 0.29) is 16.9 Å². The Balaban J connectivity index is 2.28. The van der Waals surface area contributed by atoms with Gasteiger partial charge in [-0.15, -0.1) is 0 Å². The van der Waals surface area contributed by atoms with Crippen LogP contribution in [0.2, 0.25) is 0 Å². The first kappa shape index (κ1) is 14.3. The molecule has 2 rings (SSSR count). The molecule has 20 heavy (non-hydrogen) atoms. The lowest BCUT2D eigenvalue weighted by Crippen LogP contribution is -2.45. The second-order valence-corrected chi connectivity index (χ2v) is 5.29. The molecule has 1 saturated heterocycles. The highest BCUT2D eigenvalue weighted by Crippen LogP contribution is 2.28. The van der Waals surface area contributed by atoms with Gasteiger partial charge in [-0.1, -0.05) is 6.07 Å². The molecule has 0 atom stereocenters. The molecule has 7 nitrogen and oxygen atoms in total. The van der Waals surface area contributed by atoms with Crippen LogP contribution in [0.5, 0.6) is 0 Å². The maximum Gasteiger partial charge on any atom is 0.284 e. The molecular formula is C13H17N3O4. The van der Waals surface area contributed by atoms with E-state index in [4.69, 9.17) is 5.73 Å². The summed E-state index contributed by atoms with van der Waals surface area (Å²) >= 11 is 0. The molecule has 0 spiro atoms. The third kappa shape index (κ3) is 2.72. The Morgan fingerprint density at radius 1 is 1.45 bits per heavy atom. The van der Waals surface area contributed by atoms with E-state index in [0.29, 0.717) is 25.9 Å². The number of likely N-dealkylation sites (tertiary alicyclic amines) is 1. The molecule has 1 aromatic carbocycles. The Labute approximate surface area is 116 Å². The number of nitrogens with zero attached hydrogens (tertiary/aromatic N) is 2. The van der Waals surface area contributed by atoms with Crippen molar-refractivity contribution in [3.05, 3.63) is 33.9 Å². The number of nitro benzene ring substituents is 1. The van der Waals surface area contributed by atoms with E-state index in [1.165, 1.54) is 23.1 Å². The molecular weight excluding hydrogens is 262 g/mol. The van der Waals surface area contributed by atoms with Crippen LogP contribution < -0.4 is 5.73 Å². The number of hydrogen-bond donors (Lipinski definition) is 2. The van der Waals surface area contributed by atoms with E-state index in [1.807, 2.05) is 0 Å². The van der Waals surface area contributed by atoms with Crippen molar-refractivity contribution in [1.82, 2.24) is 4.90 Å². The molecule has 1 amide bonds. The molecule has 108 valence electrons. The number of carbonyl (C=O) groups excluding carboxylic acids is 1. The van der Waals surface area contributed by atoms with E-state index in [1.54, 1.807) is 6.92 Å². The van der Waals surface area contributed by atoms with Crippen LogP contribution in [-0.4, -0.2) is 39.5 Å². The van der Waals surface area contributed by atoms with Crippen LogP contribution in [0.25, 0.3) is 0 Å². The number of benzene rings is 1. The topological polar surface area (TPSA) is 110 Å². The summed E-state index contributed by atoms with van der Waals surface area (Å²) in [5.41, 5.74) is 4.68. The average molecular weight is 279 g/mol. The van der Waals surface area contributed by atoms with Gasteiger partial charge in [0.15, 0.2) is 0 Å². The Morgan fingerprint density at radius 3 is 2.60 bits per heavy atom. The van der Waals surface area contributed by atoms with E-state index in [9.17, 15) is 20.0 Å². The highest BCUT2D eigenvalue weighted by molar-refractivity contribution is 6.03. The summed E-state index contributed by atoms with van der Waals surface area (Å²) in [5, 5.41) is 20.9. The predicted octanol–water partition coefficient (Wildman–Crippen LogP) is 1.16. The van der Waals surface area contributed by atoms with Crippen LogP contribution in [0.4, 0.5) is 11.4 Å². The Hall–Kier alpha value is -2.15. The number of carbonyl (C=O) groups is 1. The maximum atomic E-state index is 12.4. The minimum atomic E-state index is -0.787. The number of anilines is 1. The van der Waals surface area contributed by atoms with Crippen LogP contribution in [0.1, 0.15) is 30.1 Å². The van der Waals surface area contributed by atoms with Gasteiger partial charge in [0.05, 0.1) is 16.2 Å². The van der Waals surface area contributed by atoms with E-state index in [0.717, 1.165) is 0 Å². The summed E-state index contributed by atoms with van der Waals surface area (Å²) in [6, 6.07) is 4.19. The Morgan fingerprint density at radius 2 is 2.05 bits per heavy atom. The van der Waals surface area contributed by atoms with Crippen LogP contribution in [0.15, 0.2) is 18.2 Å². The fourth-order valence-corrected chi connectivity index (χ4v) is 2.29. The molecule has 0 bridgehead atoms. The zero-order valence-electron chi connectivity index (χ0n) is 11.2. The van der Waals surface area contributed by atoms with Crippen LogP contribution >= 0.6 is 0 Å². The lowest BCUT2D eigenvalue weighted by Gasteiger charge is -2.35. The fraction of sp³-hybridized carbons (Fsp3) is 0.462. The van der Waals surface area contributed by atoms with Gasteiger partial charge >= 0.3 is 0 Å². The summed E-state index contributed by atoms with van der Waals surface area (Å²) < 4.78 is 0. The van der Waals surface area contributed by atoms with Gasteiger partial charge in [-0.2, -0.15) is 0 Å². The van der Waals surface area contributed by atoms with E-state index in [2.05, 4.69) is 0 Å². The second-order valence-electron chi connectivity index (χ2n) is 5.29. The van der Waals surface area contributed by atoms with Gasteiger partial charge in [-0.05, 0) is 25.8 Å². The van der Waals surface area contributed by atoms with Crippen molar-refractivity contribution in [3.63, 3.8) is 0 Å². The molecule has 0 aromatic heterocycles. The minimum Gasteiger partial charge on any atom is -0.398 e. The first-order valence-electron chi connectivity index (χ1n) is 6.36. The summed E-state index contributed by atoms with van der Waals surface area (Å²) in [4.78, 5) is 24.3. The zero-order valence-corrected chi connectivity index (χ0v) is 11.2. The quantitative estimate of drug-likeness (QED) is 0.479. The standard InChI is InChI=1S/C13H17N3O4/c1-13(18)5-7-15(8-6-13)12(17)11-9(14)3-2-4-10(11)16(19)20/h2-4,18H,5-8,14H2,1H3. The molecule has 1 heterocycles. The number of aliphatic hydroxyl groups is 1. The number of amides is 1. The fourth-order valence-electron chi connectivity index (χ4n) is 2.29. The highest BCUT2D eigenvalue weighted by Gasteiger charge is 2.33. The molecule has 7 heteroatoms. The number of nitrogens with two attached hydrogens (primary N) is 1. The van der Waals surface area contributed by atoms with Gasteiger partial charge in [0.1, 0.15) is 5.56 Å². The van der Waals surface area contributed by atoms with E-state index >= 15 is 0 Å².